The Balaban J connectivity index is 2.48. The van der Waals surface area contributed by atoms with Gasteiger partial charge in [-0.3, -0.25) is 14.8 Å². The largest absolute Gasteiger partial charge is 0.288 e. The summed E-state index contributed by atoms with van der Waals surface area (Å²) in [5, 5.41) is 0. The minimum Gasteiger partial charge on any atom is -0.288 e. The fraction of sp³-hybridized carbons (Fsp3) is 0.154. The molecule has 3 nitrogen and oxygen atoms in total. The highest BCUT2D eigenvalue weighted by atomic mass is 19.1. The molecule has 0 saturated carbocycles. The average molecular weight is 230 g/mol. The van der Waals surface area contributed by atoms with E-state index in [-0.39, 0.29) is 11.3 Å². The molecule has 0 unspecified atom stereocenters. The van der Waals surface area contributed by atoms with Crippen LogP contribution in [0, 0.1) is 19.7 Å². The second kappa shape index (κ2) is 4.41. The zero-order valence-electron chi connectivity index (χ0n) is 9.57. The SMILES string of the molecule is Cc1ccc(C(=O)c2ccncc2F)c(C)n1. The van der Waals surface area contributed by atoms with E-state index in [0.29, 0.717) is 11.3 Å². The van der Waals surface area contributed by atoms with Crippen LogP contribution in [0.3, 0.4) is 0 Å². The number of halogens is 1. The van der Waals surface area contributed by atoms with E-state index in [1.807, 2.05) is 6.92 Å². The number of carbonyl (C=O) groups is 1. The van der Waals surface area contributed by atoms with E-state index in [1.54, 1.807) is 19.1 Å². The summed E-state index contributed by atoms with van der Waals surface area (Å²) < 4.78 is 13.4. The number of nitrogens with zero attached hydrogens (tertiary/aromatic N) is 2. The highest BCUT2D eigenvalue weighted by molar-refractivity contribution is 6.09. The molecule has 0 N–H and O–H groups in total. The lowest BCUT2D eigenvalue weighted by atomic mass is 10.0. The molecule has 0 amide bonds. The van der Waals surface area contributed by atoms with Gasteiger partial charge >= 0.3 is 0 Å². The van der Waals surface area contributed by atoms with Crippen LogP contribution in [0.15, 0.2) is 30.6 Å². The van der Waals surface area contributed by atoms with Crippen LogP contribution in [0.4, 0.5) is 4.39 Å². The van der Waals surface area contributed by atoms with Gasteiger partial charge in [0.25, 0.3) is 0 Å². The van der Waals surface area contributed by atoms with E-state index in [4.69, 9.17) is 0 Å². The summed E-state index contributed by atoms with van der Waals surface area (Å²) in [6, 6.07) is 4.77. The maximum Gasteiger partial charge on any atom is 0.197 e. The minimum absolute atomic E-state index is 0.0220. The number of hydrogen-bond acceptors (Lipinski definition) is 3. The molecule has 0 fully saturated rings. The lowest BCUT2D eigenvalue weighted by molar-refractivity contribution is 0.103. The van der Waals surface area contributed by atoms with Gasteiger partial charge in [0.1, 0.15) is 0 Å². The van der Waals surface area contributed by atoms with Gasteiger partial charge in [-0.05, 0) is 32.0 Å². The molecule has 2 aromatic rings. The molecule has 0 spiro atoms. The molecule has 17 heavy (non-hydrogen) atoms. The third-order valence-electron chi connectivity index (χ3n) is 2.49. The molecule has 2 heterocycles. The van der Waals surface area contributed by atoms with Crippen molar-refractivity contribution in [1.82, 2.24) is 9.97 Å². The summed E-state index contributed by atoms with van der Waals surface area (Å²) in [6.07, 6.45) is 2.43. The van der Waals surface area contributed by atoms with Crippen LogP contribution in [-0.4, -0.2) is 15.8 Å². The molecule has 0 atom stereocenters. The standard InChI is InChI=1S/C13H11FN2O/c1-8-3-4-10(9(2)16-8)13(17)11-5-6-15-7-12(11)14/h3-7H,1-2H3. The van der Waals surface area contributed by atoms with Crippen molar-refractivity contribution in [2.45, 2.75) is 13.8 Å². The summed E-state index contributed by atoms with van der Waals surface area (Å²) in [7, 11) is 0. The number of rotatable bonds is 2. The zero-order valence-corrected chi connectivity index (χ0v) is 9.57. The summed E-state index contributed by atoms with van der Waals surface area (Å²) in [5.74, 6) is -0.979. The van der Waals surface area contributed by atoms with E-state index >= 15 is 0 Å². The van der Waals surface area contributed by atoms with Gasteiger partial charge < -0.3 is 0 Å². The summed E-state index contributed by atoms with van der Waals surface area (Å²) in [6.45, 7) is 3.58. The average Bonchev–Trinajstić information content (AvgIpc) is 2.29. The maximum atomic E-state index is 13.4. The van der Waals surface area contributed by atoms with Gasteiger partial charge in [-0.2, -0.15) is 0 Å². The molecule has 4 heteroatoms. The highest BCUT2D eigenvalue weighted by Crippen LogP contribution is 2.15. The van der Waals surface area contributed by atoms with Crippen molar-refractivity contribution in [2.75, 3.05) is 0 Å². The Hall–Kier alpha value is -2.10. The molecule has 0 aromatic carbocycles. The van der Waals surface area contributed by atoms with Gasteiger partial charge in [0.15, 0.2) is 11.6 Å². The van der Waals surface area contributed by atoms with Crippen molar-refractivity contribution in [3.63, 3.8) is 0 Å². The second-order valence-electron chi connectivity index (χ2n) is 3.77. The van der Waals surface area contributed by atoms with Crippen molar-refractivity contribution in [1.29, 1.82) is 0 Å². The first-order chi connectivity index (χ1) is 8.09. The van der Waals surface area contributed by atoms with Gasteiger partial charge in [0.05, 0.1) is 11.8 Å². The van der Waals surface area contributed by atoms with Crippen LogP contribution >= 0.6 is 0 Å². The van der Waals surface area contributed by atoms with E-state index < -0.39 is 5.82 Å². The van der Waals surface area contributed by atoms with Crippen molar-refractivity contribution < 1.29 is 9.18 Å². The normalized spacial score (nSPS) is 10.3. The molecule has 86 valence electrons. The molecule has 0 aliphatic heterocycles. The predicted molar refractivity (Wildman–Crippen MR) is 61.3 cm³/mol. The van der Waals surface area contributed by atoms with Gasteiger partial charge in [0.2, 0.25) is 0 Å². The van der Waals surface area contributed by atoms with E-state index in [1.165, 1.54) is 12.3 Å². The quantitative estimate of drug-likeness (QED) is 0.744. The first-order valence-corrected chi connectivity index (χ1v) is 5.18. The number of aromatic nitrogens is 2. The fourth-order valence-corrected chi connectivity index (χ4v) is 1.63. The minimum atomic E-state index is -0.613. The highest BCUT2D eigenvalue weighted by Gasteiger charge is 2.16. The zero-order chi connectivity index (χ0) is 12.4. The molecular weight excluding hydrogens is 219 g/mol. The van der Waals surface area contributed by atoms with E-state index in [0.717, 1.165) is 11.9 Å². The topological polar surface area (TPSA) is 42.9 Å². The van der Waals surface area contributed by atoms with Crippen LogP contribution < -0.4 is 0 Å². The fourth-order valence-electron chi connectivity index (χ4n) is 1.63. The molecule has 0 saturated heterocycles. The van der Waals surface area contributed by atoms with Crippen LogP contribution in [0.2, 0.25) is 0 Å². The van der Waals surface area contributed by atoms with Crippen LogP contribution in [0.1, 0.15) is 27.3 Å². The number of carbonyl (C=O) groups excluding carboxylic acids is 1. The summed E-state index contributed by atoms with van der Waals surface area (Å²) >= 11 is 0. The van der Waals surface area contributed by atoms with Crippen LogP contribution in [0.5, 0.6) is 0 Å². The van der Waals surface area contributed by atoms with Crippen molar-refractivity contribution in [3.8, 4) is 0 Å². The van der Waals surface area contributed by atoms with Gasteiger partial charge in [-0.15, -0.1) is 0 Å². The monoisotopic (exact) mass is 230 g/mol. The molecule has 0 aliphatic rings. The molecule has 2 aromatic heterocycles. The van der Waals surface area contributed by atoms with Crippen LogP contribution in [-0.2, 0) is 0 Å². The molecular formula is C13H11FN2O. The van der Waals surface area contributed by atoms with Gasteiger partial charge in [0, 0.05) is 23.1 Å². The van der Waals surface area contributed by atoms with Crippen LogP contribution in [0.25, 0.3) is 0 Å². The van der Waals surface area contributed by atoms with Crippen molar-refractivity contribution >= 4 is 5.78 Å². The molecule has 0 aliphatic carbocycles. The Kier molecular flexibility index (Phi) is 2.95. The number of aryl methyl sites for hydroxylation is 2. The Morgan fingerprint density at radius 2 is 1.94 bits per heavy atom. The third kappa shape index (κ3) is 2.20. The predicted octanol–water partition coefficient (Wildman–Crippen LogP) is 2.46. The smallest absolute Gasteiger partial charge is 0.197 e. The number of pyridine rings is 2. The maximum absolute atomic E-state index is 13.4. The van der Waals surface area contributed by atoms with Crippen molar-refractivity contribution in [2.24, 2.45) is 0 Å². The van der Waals surface area contributed by atoms with Crippen molar-refractivity contribution in [3.05, 3.63) is 58.9 Å². The molecule has 2 rings (SSSR count). The summed E-state index contributed by atoms with van der Waals surface area (Å²) in [5.41, 5.74) is 1.87. The van der Waals surface area contributed by atoms with E-state index in [9.17, 15) is 9.18 Å². The molecule has 0 bridgehead atoms. The molecule has 0 radical (unpaired) electrons. The number of ketones is 1. The Labute approximate surface area is 98.3 Å². The van der Waals surface area contributed by atoms with Gasteiger partial charge in [-0.1, -0.05) is 0 Å². The first kappa shape index (κ1) is 11.4. The second-order valence-corrected chi connectivity index (χ2v) is 3.77. The number of hydrogen-bond donors (Lipinski definition) is 0. The summed E-state index contributed by atoms with van der Waals surface area (Å²) in [4.78, 5) is 19.9. The van der Waals surface area contributed by atoms with Gasteiger partial charge in [-0.25, -0.2) is 4.39 Å². The third-order valence-corrected chi connectivity index (χ3v) is 2.49. The van der Waals surface area contributed by atoms with E-state index in [2.05, 4.69) is 9.97 Å². The Bertz CT molecular complexity index is 581. The lowest BCUT2D eigenvalue weighted by Crippen LogP contribution is -2.08. The Morgan fingerprint density at radius 3 is 2.59 bits per heavy atom. The first-order valence-electron chi connectivity index (χ1n) is 5.18. The lowest BCUT2D eigenvalue weighted by Gasteiger charge is -2.05. The Morgan fingerprint density at radius 1 is 1.18 bits per heavy atom.